The zero-order valence-electron chi connectivity index (χ0n) is 13.9. The molecule has 4 rings (SSSR count). The Labute approximate surface area is 151 Å². The Morgan fingerprint density at radius 3 is 2.50 bits per heavy atom. The van der Waals surface area contributed by atoms with Crippen molar-refractivity contribution >= 4 is 27.6 Å². The molecule has 1 aliphatic carbocycles. The summed E-state index contributed by atoms with van der Waals surface area (Å²) >= 11 is 3.50. The predicted molar refractivity (Wildman–Crippen MR) is 99.4 cm³/mol. The second-order valence-corrected chi connectivity index (χ2v) is 7.63. The molecule has 6 heteroatoms. The molecule has 0 N–H and O–H groups in total. The van der Waals surface area contributed by atoms with Gasteiger partial charge in [0.2, 0.25) is 0 Å². The summed E-state index contributed by atoms with van der Waals surface area (Å²) in [5.41, 5.74) is 1.23. The molecule has 24 heavy (non-hydrogen) atoms. The molecular formula is C18H22BrN5. The summed E-state index contributed by atoms with van der Waals surface area (Å²) in [7, 11) is 0. The smallest absolute Gasteiger partial charge is 0.132 e. The predicted octanol–water partition coefficient (Wildman–Crippen LogP) is 3.58. The number of aromatic nitrogens is 3. The van der Waals surface area contributed by atoms with E-state index in [9.17, 15) is 0 Å². The molecule has 1 saturated heterocycles. The van der Waals surface area contributed by atoms with Crippen LogP contribution in [0.15, 0.2) is 35.3 Å². The van der Waals surface area contributed by atoms with Crippen molar-refractivity contribution in [1.29, 1.82) is 0 Å². The van der Waals surface area contributed by atoms with Gasteiger partial charge in [0.15, 0.2) is 0 Å². The number of halogens is 1. The minimum Gasteiger partial charge on any atom is -0.356 e. The standard InChI is InChI=1S/C18H22BrN5/c1-13-10-14(19)11-21-18(13)23-8-5-16(6-9-23)24(15-2-3-15)17-4-7-20-12-22-17/h4,7,10-12,15-16H,2-3,5-6,8-9H2,1H3. The van der Waals surface area contributed by atoms with Gasteiger partial charge in [0.1, 0.15) is 18.0 Å². The van der Waals surface area contributed by atoms with Crippen LogP contribution in [0, 0.1) is 6.92 Å². The first-order valence-electron chi connectivity index (χ1n) is 8.64. The van der Waals surface area contributed by atoms with Crippen molar-refractivity contribution in [1.82, 2.24) is 15.0 Å². The average molecular weight is 388 g/mol. The zero-order chi connectivity index (χ0) is 16.5. The maximum atomic E-state index is 4.62. The number of piperidine rings is 1. The fourth-order valence-electron chi connectivity index (χ4n) is 3.68. The Kier molecular flexibility index (Phi) is 4.39. The molecule has 3 heterocycles. The Bertz CT molecular complexity index is 696. The first-order chi connectivity index (χ1) is 11.7. The summed E-state index contributed by atoms with van der Waals surface area (Å²) < 4.78 is 1.04. The van der Waals surface area contributed by atoms with Gasteiger partial charge in [0.25, 0.3) is 0 Å². The lowest BCUT2D eigenvalue weighted by Gasteiger charge is -2.40. The van der Waals surface area contributed by atoms with E-state index in [-0.39, 0.29) is 0 Å². The van der Waals surface area contributed by atoms with Gasteiger partial charge in [-0.15, -0.1) is 0 Å². The lowest BCUT2D eigenvalue weighted by molar-refractivity contribution is 0.457. The van der Waals surface area contributed by atoms with Gasteiger partial charge < -0.3 is 9.80 Å². The molecule has 0 spiro atoms. The van der Waals surface area contributed by atoms with E-state index in [1.54, 1.807) is 6.33 Å². The molecule has 126 valence electrons. The quantitative estimate of drug-likeness (QED) is 0.801. The van der Waals surface area contributed by atoms with Gasteiger partial charge in [-0.1, -0.05) is 0 Å². The summed E-state index contributed by atoms with van der Waals surface area (Å²) in [5, 5.41) is 0. The second-order valence-electron chi connectivity index (χ2n) is 6.72. The topological polar surface area (TPSA) is 45.2 Å². The van der Waals surface area contributed by atoms with Crippen molar-refractivity contribution in [2.75, 3.05) is 22.9 Å². The molecule has 0 atom stereocenters. The molecule has 0 amide bonds. The number of aryl methyl sites for hydroxylation is 1. The summed E-state index contributed by atoms with van der Waals surface area (Å²) in [6, 6.07) is 5.43. The van der Waals surface area contributed by atoms with Gasteiger partial charge in [0.05, 0.1) is 0 Å². The van der Waals surface area contributed by atoms with Crippen LogP contribution in [0.1, 0.15) is 31.2 Å². The molecule has 0 bridgehead atoms. The molecule has 0 aromatic carbocycles. The van der Waals surface area contributed by atoms with E-state index in [4.69, 9.17) is 0 Å². The molecule has 0 unspecified atom stereocenters. The number of nitrogens with zero attached hydrogens (tertiary/aromatic N) is 5. The van der Waals surface area contributed by atoms with Gasteiger partial charge in [-0.3, -0.25) is 0 Å². The van der Waals surface area contributed by atoms with Gasteiger partial charge in [-0.25, -0.2) is 15.0 Å². The highest BCUT2D eigenvalue weighted by atomic mass is 79.9. The van der Waals surface area contributed by atoms with E-state index in [2.05, 4.69) is 53.7 Å². The summed E-state index contributed by atoms with van der Waals surface area (Å²) in [6.45, 7) is 4.24. The third-order valence-electron chi connectivity index (χ3n) is 4.95. The average Bonchev–Trinajstić information content (AvgIpc) is 3.42. The Morgan fingerprint density at radius 1 is 1.12 bits per heavy atom. The SMILES string of the molecule is Cc1cc(Br)cnc1N1CCC(N(c2ccncn2)C2CC2)CC1. The van der Waals surface area contributed by atoms with Gasteiger partial charge in [-0.2, -0.15) is 0 Å². The molecule has 0 radical (unpaired) electrons. The maximum Gasteiger partial charge on any atom is 0.132 e. The minimum absolute atomic E-state index is 0.569. The lowest BCUT2D eigenvalue weighted by atomic mass is 10.0. The molecule has 1 saturated carbocycles. The first kappa shape index (κ1) is 15.8. The maximum absolute atomic E-state index is 4.62. The third-order valence-corrected chi connectivity index (χ3v) is 5.38. The molecule has 2 fully saturated rings. The van der Waals surface area contributed by atoms with Crippen molar-refractivity contribution in [3.63, 3.8) is 0 Å². The Morgan fingerprint density at radius 2 is 1.88 bits per heavy atom. The normalized spacial score (nSPS) is 18.7. The summed E-state index contributed by atoms with van der Waals surface area (Å²) in [5.74, 6) is 2.21. The fraction of sp³-hybridized carbons (Fsp3) is 0.500. The fourth-order valence-corrected chi connectivity index (χ4v) is 4.13. The second kappa shape index (κ2) is 6.67. The van der Waals surface area contributed by atoms with E-state index in [0.717, 1.165) is 42.0 Å². The van der Waals surface area contributed by atoms with Crippen molar-refractivity contribution in [2.45, 2.75) is 44.7 Å². The molecule has 2 aromatic rings. The first-order valence-corrected chi connectivity index (χ1v) is 9.43. The van der Waals surface area contributed by atoms with Crippen LogP contribution in [0.3, 0.4) is 0 Å². The van der Waals surface area contributed by atoms with Gasteiger partial charge in [0, 0.05) is 42.0 Å². The van der Waals surface area contributed by atoms with E-state index in [1.807, 2.05) is 18.5 Å². The highest BCUT2D eigenvalue weighted by molar-refractivity contribution is 9.10. The monoisotopic (exact) mass is 387 g/mol. The van der Waals surface area contributed by atoms with E-state index in [0.29, 0.717) is 12.1 Å². The largest absolute Gasteiger partial charge is 0.356 e. The highest BCUT2D eigenvalue weighted by Crippen LogP contribution is 2.35. The van der Waals surface area contributed by atoms with Crippen LogP contribution in [0.5, 0.6) is 0 Å². The van der Waals surface area contributed by atoms with Crippen molar-refractivity contribution in [2.24, 2.45) is 0 Å². The van der Waals surface area contributed by atoms with E-state index >= 15 is 0 Å². The van der Waals surface area contributed by atoms with E-state index in [1.165, 1.54) is 18.4 Å². The Balaban J connectivity index is 1.47. The van der Waals surface area contributed by atoms with Crippen LogP contribution in [0.4, 0.5) is 11.6 Å². The summed E-state index contributed by atoms with van der Waals surface area (Å²) in [4.78, 5) is 18.1. The Hall–Kier alpha value is -1.69. The van der Waals surface area contributed by atoms with Crippen LogP contribution in [-0.4, -0.2) is 40.1 Å². The number of pyridine rings is 1. The number of hydrogen-bond donors (Lipinski definition) is 0. The molecule has 5 nitrogen and oxygen atoms in total. The van der Waals surface area contributed by atoms with Crippen LogP contribution < -0.4 is 9.80 Å². The third kappa shape index (κ3) is 3.24. The van der Waals surface area contributed by atoms with Crippen LogP contribution in [0.2, 0.25) is 0 Å². The minimum atomic E-state index is 0.569. The number of hydrogen-bond acceptors (Lipinski definition) is 5. The molecule has 2 aliphatic rings. The van der Waals surface area contributed by atoms with Gasteiger partial charge in [-0.05, 0) is 66.2 Å². The van der Waals surface area contributed by atoms with E-state index < -0.39 is 0 Å². The molecular weight excluding hydrogens is 366 g/mol. The van der Waals surface area contributed by atoms with Crippen LogP contribution in [0.25, 0.3) is 0 Å². The van der Waals surface area contributed by atoms with Crippen molar-refractivity contribution in [3.8, 4) is 0 Å². The summed E-state index contributed by atoms with van der Waals surface area (Å²) in [6.07, 6.45) is 10.3. The molecule has 2 aromatic heterocycles. The van der Waals surface area contributed by atoms with Crippen molar-refractivity contribution < 1.29 is 0 Å². The molecule has 1 aliphatic heterocycles. The van der Waals surface area contributed by atoms with Crippen LogP contribution in [-0.2, 0) is 0 Å². The number of rotatable bonds is 4. The lowest BCUT2D eigenvalue weighted by Crippen LogP contribution is -2.46. The highest BCUT2D eigenvalue weighted by Gasteiger charge is 2.36. The van der Waals surface area contributed by atoms with Crippen molar-refractivity contribution in [3.05, 3.63) is 40.9 Å². The number of anilines is 2. The van der Waals surface area contributed by atoms with Gasteiger partial charge >= 0.3 is 0 Å². The van der Waals surface area contributed by atoms with Crippen LogP contribution >= 0.6 is 15.9 Å². The zero-order valence-corrected chi connectivity index (χ0v) is 15.5.